The van der Waals surface area contributed by atoms with Crippen molar-refractivity contribution in [1.82, 2.24) is 4.57 Å². The van der Waals surface area contributed by atoms with Crippen molar-refractivity contribution in [1.29, 1.82) is 0 Å². The van der Waals surface area contributed by atoms with Crippen LogP contribution in [0.4, 0.5) is 11.4 Å². The number of amides is 2. The predicted octanol–water partition coefficient (Wildman–Crippen LogP) is 4.82. The summed E-state index contributed by atoms with van der Waals surface area (Å²) in [6.07, 6.45) is 1.89. The molecule has 6 heteroatoms. The molecule has 0 atom stereocenters. The van der Waals surface area contributed by atoms with E-state index in [1.807, 2.05) is 65.4 Å². The van der Waals surface area contributed by atoms with Gasteiger partial charge in [0.25, 0.3) is 0 Å². The van der Waals surface area contributed by atoms with E-state index in [2.05, 4.69) is 10.6 Å². The average Bonchev–Trinajstić information content (AvgIpc) is 3.16. The maximum Gasteiger partial charge on any atom is 0.244 e. The highest BCUT2D eigenvalue weighted by Crippen LogP contribution is 2.23. The lowest BCUT2D eigenvalue weighted by atomic mass is 10.2. The van der Waals surface area contributed by atoms with E-state index in [0.29, 0.717) is 18.0 Å². The summed E-state index contributed by atoms with van der Waals surface area (Å²) in [6, 6.07) is 24.9. The number of nitrogens with one attached hydrogen (secondary N) is 2. The van der Waals surface area contributed by atoms with Crippen molar-refractivity contribution in [3.05, 3.63) is 90.6 Å². The zero-order valence-electron chi connectivity index (χ0n) is 17.2. The van der Waals surface area contributed by atoms with Crippen LogP contribution in [0.1, 0.15) is 12.5 Å². The molecule has 6 nitrogen and oxygen atoms in total. The molecule has 0 bridgehead atoms. The summed E-state index contributed by atoms with van der Waals surface area (Å²) < 4.78 is 7.81. The van der Waals surface area contributed by atoms with Crippen LogP contribution in [0, 0.1) is 0 Å². The fourth-order valence-corrected chi connectivity index (χ4v) is 3.33. The van der Waals surface area contributed by atoms with E-state index < -0.39 is 0 Å². The van der Waals surface area contributed by atoms with Crippen molar-refractivity contribution in [3.63, 3.8) is 0 Å². The summed E-state index contributed by atoms with van der Waals surface area (Å²) in [4.78, 5) is 23.7. The number of aromatic nitrogens is 1. The molecule has 0 aliphatic rings. The first-order valence-corrected chi connectivity index (χ1v) is 10.00. The van der Waals surface area contributed by atoms with Crippen LogP contribution in [0.25, 0.3) is 10.9 Å². The molecule has 1 heterocycles. The predicted molar refractivity (Wildman–Crippen MR) is 122 cm³/mol. The first-order chi connectivity index (χ1) is 15.1. The lowest BCUT2D eigenvalue weighted by Gasteiger charge is -2.10. The second kappa shape index (κ2) is 9.17. The molecule has 0 aliphatic carbocycles. The van der Waals surface area contributed by atoms with Crippen molar-refractivity contribution < 1.29 is 14.3 Å². The van der Waals surface area contributed by atoms with Crippen molar-refractivity contribution in [2.24, 2.45) is 0 Å². The molecule has 31 heavy (non-hydrogen) atoms. The van der Waals surface area contributed by atoms with E-state index in [1.165, 1.54) is 6.92 Å². The summed E-state index contributed by atoms with van der Waals surface area (Å²) in [5.74, 6) is 0.481. The van der Waals surface area contributed by atoms with Gasteiger partial charge in [-0.05, 0) is 53.4 Å². The number of benzene rings is 3. The minimum absolute atomic E-state index is 0.136. The molecular formula is C25H23N3O3. The highest BCUT2D eigenvalue weighted by Gasteiger charge is 2.09. The summed E-state index contributed by atoms with van der Waals surface area (Å²) in [5.41, 5.74) is 3.39. The van der Waals surface area contributed by atoms with Gasteiger partial charge in [-0.25, -0.2) is 0 Å². The summed E-state index contributed by atoms with van der Waals surface area (Å²) in [7, 11) is 0. The Morgan fingerprint density at radius 1 is 0.871 bits per heavy atom. The molecule has 1 aromatic heterocycles. The number of hydrogen-bond acceptors (Lipinski definition) is 3. The van der Waals surface area contributed by atoms with Crippen LogP contribution < -0.4 is 15.4 Å². The van der Waals surface area contributed by atoms with Gasteiger partial charge in [0, 0.05) is 30.6 Å². The van der Waals surface area contributed by atoms with E-state index in [4.69, 9.17) is 4.74 Å². The molecular weight excluding hydrogens is 390 g/mol. The van der Waals surface area contributed by atoms with Gasteiger partial charge < -0.3 is 19.9 Å². The van der Waals surface area contributed by atoms with Gasteiger partial charge in [-0.1, -0.05) is 30.3 Å². The van der Waals surface area contributed by atoms with Gasteiger partial charge in [0.15, 0.2) is 0 Å². The second-order valence-electron chi connectivity index (χ2n) is 7.25. The molecule has 2 N–H and O–H groups in total. The highest BCUT2D eigenvalue weighted by atomic mass is 16.5. The van der Waals surface area contributed by atoms with Crippen LogP contribution in [-0.2, 0) is 22.7 Å². The Morgan fingerprint density at radius 3 is 2.29 bits per heavy atom. The first-order valence-electron chi connectivity index (χ1n) is 10.00. The molecule has 156 valence electrons. The third-order valence-electron chi connectivity index (χ3n) is 4.80. The lowest BCUT2D eigenvalue weighted by molar-refractivity contribution is -0.116. The molecule has 0 fully saturated rings. The maximum absolute atomic E-state index is 12.5. The first kappa shape index (κ1) is 20.2. The van der Waals surface area contributed by atoms with Gasteiger partial charge in [-0.2, -0.15) is 0 Å². The summed E-state index contributed by atoms with van der Waals surface area (Å²) in [6.45, 7) is 2.12. The van der Waals surface area contributed by atoms with E-state index in [9.17, 15) is 9.59 Å². The molecule has 2 amide bonds. The molecule has 0 radical (unpaired) electrons. The number of carbonyl (C=O) groups is 2. The van der Waals surface area contributed by atoms with E-state index in [0.717, 1.165) is 22.2 Å². The fraction of sp³-hybridized carbons (Fsp3) is 0.120. The number of nitrogens with zero attached hydrogens (tertiary/aromatic N) is 1. The molecule has 0 saturated heterocycles. The topological polar surface area (TPSA) is 72.4 Å². The number of rotatable bonds is 7. The van der Waals surface area contributed by atoms with Gasteiger partial charge in [0.2, 0.25) is 11.8 Å². The Morgan fingerprint density at radius 2 is 1.58 bits per heavy atom. The fourth-order valence-electron chi connectivity index (χ4n) is 3.33. The molecule has 4 aromatic rings. The van der Waals surface area contributed by atoms with E-state index in [-0.39, 0.29) is 18.4 Å². The van der Waals surface area contributed by atoms with Gasteiger partial charge >= 0.3 is 0 Å². The van der Waals surface area contributed by atoms with Crippen LogP contribution in [0.3, 0.4) is 0 Å². The normalized spacial score (nSPS) is 10.6. The standard InChI is InChI=1S/C25H23N3O3/c1-18(29)26-21-8-10-22(11-9-21)27-25(30)16-28-14-13-20-7-12-23(15-24(20)28)31-17-19-5-3-2-4-6-19/h2-15H,16-17H2,1H3,(H,26,29)(H,27,30). The molecule has 0 aliphatic heterocycles. The average molecular weight is 413 g/mol. The summed E-state index contributed by atoms with van der Waals surface area (Å²) >= 11 is 0. The zero-order valence-corrected chi connectivity index (χ0v) is 17.2. The molecule has 0 saturated carbocycles. The van der Waals surface area contributed by atoms with E-state index >= 15 is 0 Å². The van der Waals surface area contributed by atoms with Crippen LogP contribution in [-0.4, -0.2) is 16.4 Å². The number of hydrogen-bond donors (Lipinski definition) is 2. The van der Waals surface area contributed by atoms with Gasteiger partial charge in [0.1, 0.15) is 18.9 Å². The van der Waals surface area contributed by atoms with Crippen molar-refractivity contribution in [2.75, 3.05) is 10.6 Å². The van der Waals surface area contributed by atoms with Crippen molar-refractivity contribution in [3.8, 4) is 5.75 Å². The lowest BCUT2D eigenvalue weighted by Crippen LogP contribution is -2.18. The van der Waals surface area contributed by atoms with Crippen molar-refractivity contribution in [2.45, 2.75) is 20.1 Å². The van der Waals surface area contributed by atoms with E-state index in [1.54, 1.807) is 24.3 Å². The van der Waals surface area contributed by atoms with Crippen LogP contribution >= 0.6 is 0 Å². The quantitative estimate of drug-likeness (QED) is 0.456. The Labute approximate surface area is 180 Å². The highest BCUT2D eigenvalue weighted by molar-refractivity contribution is 5.93. The van der Waals surface area contributed by atoms with Crippen LogP contribution in [0.2, 0.25) is 0 Å². The smallest absolute Gasteiger partial charge is 0.244 e. The third-order valence-corrected chi connectivity index (χ3v) is 4.80. The Balaban J connectivity index is 1.41. The number of ether oxygens (including phenoxy) is 1. The molecule has 0 unspecified atom stereocenters. The number of anilines is 2. The molecule has 4 rings (SSSR count). The van der Waals surface area contributed by atoms with Gasteiger partial charge in [-0.3, -0.25) is 9.59 Å². The molecule has 0 spiro atoms. The maximum atomic E-state index is 12.5. The number of carbonyl (C=O) groups excluding carboxylic acids is 2. The van der Waals surface area contributed by atoms with Gasteiger partial charge in [-0.15, -0.1) is 0 Å². The monoisotopic (exact) mass is 413 g/mol. The second-order valence-corrected chi connectivity index (χ2v) is 7.25. The number of fused-ring (bicyclic) bond motifs is 1. The van der Waals surface area contributed by atoms with Crippen LogP contribution in [0.5, 0.6) is 5.75 Å². The summed E-state index contributed by atoms with van der Waals surface area (Å²) in [5, 5.41) is 6.62. The Bertz CT molecular complexity index is 1200. The van der Waals surface area contributed by atoms with Crippen molar-refractivity contribution >= 4 is 34.1 Å². The Hall–Kier alpha value is -4.06. The zero-order chi connectivity index (χ0) is 21.6. The SMILES string of the molecule is CC(=O)Nc1ccc(NC(=O)Cn2ccc3ccc(OCc4ccccc4)cc32)cc1. The minimum Gasteiger partial charge on any atom is -0.489 e. The molecule has 3 aromatic carbocycles. The third kappa shape index (κ3) is 5.30. The minimum atomic E-state index is -0.139. The largest absolute Gasteiger partial charge is 0.489 e. The van der Waals surface area contributed by atoms with Gasteiger partial charge in [0.05, 0.1) is 5.52 Å². The Kier molecular flexibility index (Phi) is 5.98. The van der Waals surface area contributed by atoms with Crippen LogP contribution in [0.15, 0.2) is 85.1 Å².